The number of carbonyl (C=O) groups is 1. The Kier molecular flexibility index (Phi) is 5.45. The van der Waals surface area contributed by atoms with Crippen LogP contribution in [0.25, 0.3) is 0 Å². The van der Waals surface area contributed by atoms with Crippen molar-refractivity contribution in [1.82, 2.24) is 4.57 Å². The van der Waals surface area contributed by atoms with Crippen molar-refractivity contribution in [3.63, 3.8) is 0 Å². The largest absolute Gasteiger partial charge is 0.494 e. The zero-order valence-corrected chi connectivity index (χ0v) is 13.2. The van der Waals surface area contributed by atoms with Crippen LogP contribution in [0.3, 0.4) is 0 Å². The molecule has 0 saturated carbocycles. The summed E-state index contributed by atoms with van der Waals surface area (Å²) in [6.45, 7) is 5.46. The standard InChI is InChI=1S/C17H20ClNO2/c1-13-11-16(17(20)12-18)14(2)19(13)9-6-10-21-15-7-4-3-5-8-15/h3-5,7-8,11H,6,9-10,12H2,1-2H3. The Morgan fingerprint density at radius 1 is 1.24 bits per heavy atom. The molecule has 0 bridgehead atoms. The molecule has 4 heteroatoms. The van der Waals surface area contributed by atoms with E-state index in [0.717, 1.165) is 35.7 Å². The van der Waals surface area contributed by atoms with Gasteiger partial charge in [0.25, 0.3) is 0 Å². The van der Waals surface area contributed by atoms with Crippen LogP contribution in [0.5, 0.6) is 5.75 Å². The second-order valence-corrected chi connectivity index (χ2v) is 5.28. The highest BCUT2D eigenvalue weighted by atomic mass is 35.5. The van der Waals surface area contributed by atoms with Crippen LogP contribution in [0.1, 0.15) is 28.2 Å². The molecule has 0 spiro atoms. The van der Waals surface area contributed by atoms with Gasteiger partial charge in [-0.1, -0.05) is 18.2 Å². The van der Waals surface area contributed by atoms with E-state index in [4.69, 9.17) is 16.3 Å². The van der Waals surface area contributed by atoms with Gasteiger partial charge in [-0.25, -0.2) is 0 Å². The third kappa shape index (κ3) is 3.88. The molecule has 1 aromatic heterocycles. The number of rotatable bonds is 7. The van der Waals surface area contributed by atoms with Crippen LogP contribution in [-0.4, -0.2) is 22.8 Å². The van der Waals surface area contributed by atoms with Crippen LogP contribution in [0.2, 0.25) is 0 Å². The van der Waals surface area contributed by atoms with Gasteiger partial charge in [-0.15, -0.1) is 11.6 Å². The van der Waals surface area contributed by atoms with Crippen molar-refractivity contribution in [3.05, 3.63) is 53.3 Å². The van der Waals surface area contributed by atoms with Gasteiger partial charge in [0.2, 0.25) is 0 Å². The van der Waals surface area contributed by atoms with E-state index in [1.807, 2.05) is 50.2 Å². The quantitative estimate of drug-likeness (QED) is 0.440. The maximum absolute atomic E-state index is 11.7. The maximum atomic E-state index is 11.7. The molecule has 0 aliphatic rings. The van der Waals surface area contributed by atoms with E-state index in [-0.39, 0.29) is 11.7 Å². The molecule has 112 valence electrons. The van der Waals surface area contributed by atoms with Crippen LogP contribution < -0.4 is 4.74 Å². The average molecular weight is 306 g/mol. The number of hydrogen-bond donors (Lipinski definition) is 0. The Labute approximate surface area is 130 Å². The highest BCUT2D eigenvalue weighted by Crippen LogP contribution is 2.17. The normalized spacial score (nSPS) is 10.6. The van der Waals surface area contributed by atoms with Crippen molar-refractivity contribution in [2.75, 3.05) is 12.5 Å². The van der Waals surface area contributed by atoms with Crippen molar-refractivity contribution < 1.29 is 9.53 Å². The minimum Gasteiger partial charge on any atom is -0.494 e. The summed E-state index contributed by atoms with van der Waals surface area (Å²) in [4.78, 5) is 11.7. The lowest BCUT2D eigenvalue weighted by molar-refractivity contribution is 0.102. The first kappa shape index (κ1) is 15.6. The molecule has 0 aliphatic heterocycles. The molecule has 1 heterocycles. The van der Waals surface area contributed by atoms with Crippen LogP contribution in [-0.2, 0) is 6.54 Å². The van der Waals surface area contributed by atoms with Crippen LogP contribution >= 0.6 is 11.6 Å². The lowest BCUT2D eigenvalue weighted by Crippen LogP contribution is -2.08. The summed E-state index contributed by atoms with van der Waals surface area (Å²) in [7, 11) is 0. The lowest BCUT2D eigenvalue weighted by atomic mass is 10.2. The molecule has 2 rings (SSSR count). The van der Waals surface area contributed by atoms with Gasteiger partial charge in [-0.2, -0.15) is 0 Å². The van der Waals surface area contributed by atoms with Gasteiger partial charge >= 0.3 is 0 Å². The Balaban J connectivity index is 1.91. The number of Topliss-reactive ketones (excluding diaryl/α,β-unsaturated/α-hetero) is 1. The lowest BCUT2D eigenvalue weighted by Gasteiger charge is -2.10. The average Bonchev–Trinajstić information content (AvgIpc) is 2.79. The summed E-state index contributed by atoms with van der Waals surface area (Å²) in [6.07, 6.45) is 0.889. The van der Waals surface area contributed by atoms with Gasteiger partial charge in [0.05, 0.1) is 12.5 Å². The Morgan fingerprint density at radius 2 is 1.95 bits per heavy atom. The number of aryl methyl sites for hydroxylation is 1. The first-order chi connectivity index (χ1) is 10.1. The predicted octanol–water partition coefficient (Wildman–Crippen LogP) is 4.00. The van der Waals surface area contributed by atoms with Gasteiger partial charge in [-0.3, -0.25) is 4.79 Å². The number of halogens is 1. The SMILES string of the molecule is Cc1cc(C(=O)CCl)c(C)n1CCCOc1ccccc1. The van der Waals surface area contributed by atoms with E-state index in [1.54, 1.807) is 0 Å². The van der Waals surface area contributed by atoms with Crippen molar-refractivity contribution in [2.24, 2.45) is 0 Å². The number of ether oxygens (including phenoxy) is 1. The second-order valence-electron chi connectivity index (χ2n) is 5.01. The van der Waals surface area contributed by atoms with Crippen LogP contribution in [0.4, 0.5) is 0 Å². The molecule has 0 amide bonds. The first-order valence-electron chi connectivity index (χ1n) is 7.07. The topological polar surface area (TPSA) is 31.2 Å². The summed E-state index contributed by atoms with van der Waals surface area (Å²) in [5.41, 5.74) is 2.80. The highest BCUT2D eigenvalue weighted by molar-refractivity contribution is 6.30. The van der Waals surface area contributed by atoms with Crippen molar-refractivity contribution in [1.29, 1.82) is 0 Å². The van der Waals surface area contributed by atoms with E-state index in [9.17, 15) is 4.79 Å². The second kappa shape index (κ2) is 7.32. The fraction of sp³-hybridized carbons (Fsp3) is 0.353. The van der Waals surface area contributed by atoms with E-state index in [1.165, 1.54) is 0 Å². The molecule has 0 N–H and O–H groups in total. The van der Waals surface area contributed by atoms with Gasteiger partial charge in [0.1, 0.15) is 5.75 Å². The first-order valence-corrected chi connectivity index (χ1v) is 7.60. The molecule has 21 heavy (non-hydrogen) atoms. The summed E-state index contributed by atoms with van der Waals surface area (Å²) >= 11 is 5.64. The molecule has 0 aliphatic carbocycles. The fourth-order valence-electron chi connectivity index (χ4n) is 2.43. The minimum atomic E-state index is -0.0171. The van der Waals surface area contributed by atoms with E-state index >= 15 is 0 Å². The van der Waals surface area contributed by atoms with Gasteiger partial charge in [-0.05, 0) is 38.5 Å². The zero-order chi connectivity index (χ0) is 15.2. The minimum absolute atomic E-state index is 0.0171. The summed E-state index contributed by atoms with van der Waals surface area (Å²) in [6, 6.07) is 11.7. The monoisotopic (exact) mass is 305 g/mol. The summed E-state index contributed by atoms with van der Waals surface area (Å²) < 4.78 is 7.83. The molecule has 0 saturated heterocycles. The van der Waals surface area contributed by atoms with E-state index < -0.39 is 0 Å². The van der Waals surface area contributed by atoms with Gasteiger partial charge in [0, 0.05) is 23.5 Å². The number of carbonyl (C=O) groups excluding carboxylic acids is 1. The number of ketones is 1. The van der Waals surface area contributed by atoms with Crippen molar-refractivity contribution in [2.45, 2.75) is 26.8 Å². The molecular weight excluding hydrogens is 286 g/mol. The Morgan fingerprint density at radius 3 is 2.62 bits per heavy atom. The molecule has 0 unspecified atom stereocenters. The third-order valence-corrected chi connectivity index (χ3v) is 3.78. The van der Waals surface area contributed by atoms with E-state index in [2.05, 4.69) is 4.57 Å². The molecule has 1 aromatic carbocycles. The number of nitrogens with zero attached hydrogens (tertiary/aromatic N) is 1. The van der Waals surface area contributed by atoms with Gasteiger partial charge in [0.15, 0.2) is 5.78 Å². The summed E-state index contributed by atoms with van der Waals surface area (Å²) in [5.74, 6) is 0.898. The molecular formula is C17H20ClNO2. The zero-order valence-electron chi connectivity index (χ0n) is 12.4. The Hall–Kier alpha value is -1.74. The number of benzene rings is 1. The van der Waals surface area contributed by atoms with Crippen LogP contribution in [0.15, 0.2) is 36.4 Å². The molecule has 0 fully saturated rings. The fourth-order valence-corrected chi connectivity index (χ4v) is 2.57. The van der Waals surface area contributed by atoms with Gasteiger partial charge < -0.3 is 9.30 Å². The molecule has 2 aromatic rings. The number of aromatic nitrogens is 1. The molecule has 3 nitrogen and oxygen atoms in total. The highest BCUT2D eigenvalue weighted by Gasteiger charge is 2.14. The van der Waals surface area contributed by atoms with E-state index in [0.29, 0.717) is 6.61 Å². The number of alkyl halides is 1. The summed E-state index contributed by atoms with van der Waals surface area (Å²) in [5, 5.41) is 0. The smallest absolute Gasteiger partial charge is 0.179 e. The Bertz CT molecular complexity index is 605. The molecule has 0 atom stereocenters. The van der Waals surface area contributed by atoms with Crippen LogP contribution in [0, 0.1) is 13.8 Å². The predicted molar refractivity (Wildman–Crippen MR) is 85.5 cm³/mol. The number of para-hydroxylation sites is 1. The third-order valence-electron chi connectivity index (χ3n) is 3.53. The van der Waals surface area contributed by atoms with Crippen molar-refractivity contribution in [3.8, 4) is 5.75 Å². The number of hydrogen-bond acceptors (Lipinski definition) is 2. The maximum Gasteiger partial charge on any atom is 0.179 e. The molecule has 0 radical (unpaired) electrons. The van der Waals surface area contributed by atoms with Crippen molar-refractivity contribution >= 4 is 17.4 Å².